The van der Waals surface area contributed by atoms with Crippen molar-refractivity contribution in [3.05, 3.63) is 206 Å². The standard InChI is InChI=1S/C58H34/c1-5-15-35(16-6-1)39-27-28-41-33-50-55-43(47(41)31-39)23-13-26-46(55)57-52(37-19-9-3-10-20-37)51-34-49-42-30-29-40(36-17-7-2-8-18-36)32-48(42)44-24-14-25-45(54(44)49)56(51)53(58(50)57)38-21-11-4-12-22-38/h1-34H. The van der Waals surface area contributed by atoms with Gasteiger partial charge in [0.2, 0.25) is 0 Å². The molecular formula is C58H34. The zero-order valence-electron chi connectivity index (χ0n) is 31.6. The van der Waals surface area contributed by atoms with Crippen molar-refractivity contribution in [2.24, 2.45) is 0 Å². The van der Waals surface area contributed by atoms with Crippen LogP contribution in [0.5, 0.6) is 0 Å². The maximum absolute atomic E-state index is 2.54. The third kappa shape index (κ3) is 4.35. The van der Waals surface area contributed by atoms with E-state index in [1.54, 1.807) is 0 Å². The van der Waals surface area contributed by atoms with E-state index >= 15 is 0 Å². The summed E-state index contributed by atoms with van der Waals surface area (Å²) in [6.45, 7) is 0. The Balaban J connectivity index is 1.26. The Labute approximate surface area is 335 Å². The van der Waals surface area contributed by atoms with Gasteiger partial charge in [-0.2, -0.15) is 0 Å². The summed E-state index contributed by atoms with van der Waals surface area (Å²) in [4.78, 5) is 0. The first-order valence-electron chi connectivity index (χ1n) is 20.3. The van der Waals surface area contributed by atoms with Crippen molar-refractivity contribution >= 4 is 86.2 Å². The molecular weight excluding hydrogens is 697 g/mol. The molecule has 0 radical (unpaired) electrons. The second-order valence-electron chi connectivity index (χ2n) is 15.9. The fourth-order valence-corrected chi connectivity index (χ4v) is 10.5. The average Bonchev–Trinajstić information content (AvgIpc) is 3.80. The van der Waals surface area contributed by atoms with Gasteiger partial charge in [-0.3, -0.25) is 0 Å². The highest BCUT2D eigenvalue weighted by Gasteiger charge is 2.27. The predicted molar refractivity (Wildman–Crippen MR) is 251 cm³/mol. The van der Waals surface area contributed by atoms with Crippen LogP contribution in [0.2, 0.25) is 0 Å². The molecule has 0 fully saturated rings. The number of rotatable bonds is 4. The Bertz CT molecular complexity index is 3690. The molecule has 0 heterocycles. The summed E-state index contributed by atoms with van der Waals surface area (Å²) >= 11 is 0. The lowest BCUT2D eigenvalue weighted by Gasteiger charge is -2.19. The van der Waals surface area contributed by atoms with E-state index in [4.69, 9.17) is 0 Å². The van der Waals surface area contributed by atoms with Gasteiger partial charge in [0.1, 0.15) is 0 Å². The van der Waals surface area contributed by atoms with Gasteiger partial charge in [0.05, 0.1) is 0 Å². The topological polar surface area (TPSA) is 0 Å². The van der Waals surface area contributed by atoms with E-state index in [0.29, 0.717) is 0 Å². The molecule has 13 aromatic rings. The van der Waals surface area contributed by atoms with Crippen molar-refractivity contribution in [1.29, 1.82) is 0 Å². The van der Waals surface area contributed by atoms with Crippen LogP contribution in [-0.2, 0) is 0 Å². The summed E-state index contributed by atoms with van der Waals surface area (Å²) in [5.74, 6) is 0. The highest BCUT2D eigenvalue weighted by Crippen LogP contribution is 2.55. The molecule has 0 aliphatic rings. The first-order valence-corrected chi connectivity index (χ1v) is 20.3. The molecule has 13 aromatic carbocycles. The predicted octanol–water partition coefficient (Wildman–Crippen LogP) is 16.5. The molecule has 0 heteroatoms. The van der Waals surface area contributed by atoms with Gasteiger partial charge in [-0.15, -0.1) is 0 Å². The van der Waals surface area contributed by atoms with Crippen LogP contribution in [0, 0.1) is 0 Å². The number of fused-ring (bicyclic) bond motifs is 10. The van der Waals surface area contributed by atoms with E-state index in [1.807, 2.05) is 0 Å². The van der Waals surface area contributed by atoms with Crippen LogP contribution in [0.3, 0.4) is 0 Å². The third-order valence-corrected chi connectivity index (χ3v) is 12.9. The molecule has 0 atom stereocenters. The van der Waals surface area contributed by atoms with Gasteiger partial charge in [-0.25, -0.2) is 0 Å². The molecule has 0 bridgehead atoms. The van der Waals surface area contributed by atoms with E-state index in [-0.39, 0.29) is 0 Å². The van der Waals surface area contributed by atoms with Crippen molar-refractivity contribution in [2.45, 2.75) is 0 Å². The summed E-state index contributed by atoms with van der Waals surface area (Å²) in [6.07, 6.45) is 0. The molecule has 0 unspecified atom stereocenters. The molecule has 0 nitrogen and oxygen atoms in total. The van der Waals surface area contributed by atoms with Crippen molar-refractivity contribution < 1.29 is 0 Å². The van der Waals surface area contributed by atoms with Gasteiger partial charge in [-0.05, 0) is 155 Å². The lowest BCUT2D eigenvalue weighted by Crippen LogP contribution is -1.91. The normalized spacial score (nSPS) is 12.1. The highest BCUT2D eigenvalue weighted by atomic mass is 14.3. The largest absolute Gasteiger partial charge is 0.0622 e. The van der Waals surface area contributed by atoms with Crippen LogP contribution in [-0.4, -0.2) is 0 Å². The van der Waals surface area contributed by atoms with Gasteiger partial charge >= 0.3 is 0 Å². The lowest BCUT2D eigenvalue weighted by molar-refractivity contribution is 1.65. The Morgan fingerprint density at radius 2 is 0.655 bits per heavy atom. The van der Waals surface area contributed by atoms with Crippen LogP contribution >= 0.6 is 0 Å². The third-order valence-electron chi connectivity index (χ3n) is 12.9. The maximum atomic E-state index is 2.54. The summed E-state index contributed by atoms with van der Waals surface area (Å²) in [5.41, 5.74) is 10.1. The molecule has 0 saturated carbocycles. The maximum Gasteiger partial charge on any atom is -0.000697 e. The Hall–Kier alpha value is -7.54. The quantitative estimate of drug-likeness (QED) is 0.158. The van der Waals surface area contributed by atoms with Gasteiger partial charge in [-0.1, -0.05) is 182 Å². The van der Waals surface area contributed by atoms with E-state index < -0.39 is 0 Å². The first kappa shape index (κ1) is 31.6. The fourth-order valence-electron chi connectivity index (χ4n) is 10.5. The zero-order valence-corrected chi connectivity index (χ0v) is 31.6. The van der Waals surface area contributed by atoms with Crippen LogP contribution in [0.25, 0.3) is 131 Å². The minimum absolute atomic E-state index is 1.24. The second-order valence-corrected chi connectivity index (χ2v) is 15.9. The first-order chi connectivity index (χ1) is 28.8. The SMILES string of the molecule is c1ccc(-c2ccc3cc4c5c(-c6ccccc6)c6c(cc7c8ccc(-c9ccccc9)cc8c8cccc6c87)c(-c6ccccc6)c5c5cccc(c3c2)c54)cc1. The van der Waals surface area contributed by atoms with Crippen LogP contribution in [0.4, 0.5) is 0 Å². The minimum Gasteiger partial charge on any atom is -0.0622 e. The summed E-state index contributed by atoms with van der Waals surface area (Å²) < 4.78 is 0. The van der Waals surface area contributed by atoms with E-state index in [2.05, 4.69) is 206 Å². The number of benzene rings is 11. The highest BCUT2D eigenvalue weighted by molar-refractivity contribution is 6.46. The van der Waals surface area contributed by atoms with Crippen molar-refractivity contribution in [1.82, 2.24) is 0 Å². The molecule has 0 amide bonds. The van der Waals surface area contributed by atoms with Gasteiger partial charge < -0.3 is 0 Å². The fraction of sp³-hybridized carbons (Fsp3) is 0. The Kier molecular flexibility index (Phi) is 6.54. The molecule has 0 aromatic heterocycles. The molecule has 266 valence electrons. The number of hydrogen-bond acceptors (Lipinski definition) is 0. The zero-order chi connectivity index (χ0) is 37.9. The summed E-state index contributed by atoms with van der Waals surface area (Å²) in [5, 5.41) is 21.0. The smallest absolute Gasteiger partial charge is 0.000697 e. The molecule has 0 N–H and O–H groups in total. The van der Waals surface area contributed by atoms with Crippen LogP contribution in [0.1, 0.15) is 0 Å². The lowest BCUT2D eigenvalue weighted by atomic mass is 9.84. The van der Waals surface area contributed by atoms with Crippen molar-refractivity contribution in [2.75, 3.05) is 0 Å². The molecule has 13 rings (SSSR count). The van der Waals surface area contributed by atoms with E-state index in [0.717, 1.165) is 0 Å². The minimum atomic E-state index is 1.24. The van der Waals surface area contributed by atoms with Gasteiger partial charge in [0, 0.05) is 0 Å². The second kappa shape index (κ2) is 12.0. The molecule has 0 aliphatic carbocycles. The van der Waals surface area contributed by atoms with Crippen molar-refractivity contribution in [3.63, 3.8) is 0 Å². The van der Waals surface area contributed by atoms with Gasteiger partial charge in [0.15, 0.2) is 0 Å². The molecule has 58 heavy (non-hydrogen) atoms. The molecule has 0 aliphatic heterocycles. The summed E-state index contributed by atoms with van der Waals surface area (Å²) in [7, 11) is 0. The van der Waals surface area contributed by atoms with E-state index in [9.17, 15) is 0 Å². The van der Waals surface area contributed by atoms with Crippen molar-refractivity contribution in [3.8, 4) is 44.5 Å². The molecule has 0 spiro atoms. The average molecular weight is 731 g/mol. The van der Waals surface area contributed by atoms with Gasteiger partial charge in [0.25, 0.3) is 0 Å². The summed E-state index contributed by atoms with van der Waals surface area (Å²) in [6, 6.07) is 76.9. The molecule has 0 saturated heterocycles. The Morgan fingerprint density at radius 1 is 0.172 bits per heavy atom. The monoisotopic (exact) mass is 730 g/mol. The van der Waals surface area contributed by atoms with Crippen LogP contribution in [0.15, 0.2) is 206 Å². The number of hydrogen-bond donors (Lipinski definition) is 0. The Morgan fingerprint density at radius 3 is 1.29 bits per heavy atom. The van der Waals surface area contributed by atoms with E-state index in [1.165, 1.54) is 131 Å². The van der Waals surface area contributed by atoms with Crippen LogP contribution < -0.4 is 0 Å².